The summed E-state index contributed by atoms with van der Waals surface area (Å²) >= 11 is 6.01. The summed E-state index contributed by atoms with van der Waals surface area (Å²) in [6, 6.07) is 9.55. The fourth-order valence-electron chi connectivity index (χ4n) is 1.19. The summed E-state index contributed by atoms with van der Waals surface area (Å²) in [6.07, 6.45) is -0.430. The van der Waals surface area contributed by atoms with Crippen LogP contribution in [0.5, 0.6) is 0 Å². The Labute approximate surface area is 107 Å². The van der Waals surface area contributed by atoms with Gasteiger partial charge in [0.1, 0.15) is 6.61 Å². The van der Waals surface area contributed by atoms with Gasteiger partial charge in [-0.15, -0.1) is 11.6 Å². The molecule has 4 heteroatoms. The lowest BCUT2D eigenvalue weighted by Gasteiger charge is -2.14. The third kappa shape index (κ3) is 5.59. The van der Waals surface area contributed by atoms with E-state index in [9.17, 15) is 4.79 Å². The smallest absolute Gasteiger partial charge is 0.407 e. The first-order valence-corrected chi connectivity index (χ1v) is 6.12. The zero-order chi connectivity index (χ0) is 12.7. The maximum absolute atomic E-state index is 11.4. The van der Waals surface area contributed by atoms with Gasteiger partial charge >= 0.3 is 6.09 Å². The van der Waals surface area contributed by atoms with Gasteiger partial charge in [-0.3, -0.25) is 0 Å². The van der Waals surface area contributed by atoms with E-state index in [-0.39, 0.29) is 12.0 Å². The zero-order valence-electron chi connectivity index (χ0n) is 10.2. The molecule has 17 heavy (non-hydrogen) atoms. The van der Waals surface area contributed by atoms with Gasteiger partial charge in [-0.1, -0.05) is 44.2 Å². The Hall–Kier alpha value is -1.22. The molecule has 3 nitrogen and oxygen atoms in total. The average molecular weight is 256 g/mol. The normalized spacial score (nSPS) is 12.2. The Balaban J connectivity index is 2.22. The maximum atomic E-state index is 11.4. The zero-order valence-corrected chi connectivity index (χ0v) is 10.9. The quantitative estimate of drug-likeness (QED) is 0.821. The van der Waals surface area contributed by atoms with Gasteiger partial charge in [-0.2, -0.15) is 0 Å². The van der Waals surface area contributed by atoms with Crippen LogP contribution in [0.1, 0.15) is 19.4 Å². The summed E-state index contributed by atoms with van der Waals surface area (Å²) in [4.78, 5) is 11.4. The molecule has 0 saturated heterocycles. The van der Waals surface area contributed by atoms with Crippen LogP contribution in [0, 0.1) is 5.92 Å². The number of alkyl carbamates (subject to hydrolysis) is 1. The van der Waals surface area contributed by atoms with Gasteiger partial charge in [0.15, 0.2) is 0 Å². The number of hydrogen-bond donors (Lipinski definition) is 1. The molecule has 1 atom stereocenters. The Kier molecular flexibility index (Phi) is 5.84. The molecule has 1 unspecified atom stereocenters. The third-order valence-electron chi connectivity index (χ3n) is 2.38. The van der Waals surface area contributed by atoms with Crippen LogP contribution in [0.2, 0.25) is 0 Å². The number of carbonyl (C=O) groups excluding carboxylic acids is 1. The summed E-state index contributed by atoms with van der Waals surface area (Å²) in [5, 5.41) is 2.57. The molecule has 0 aliphatic heterocycles. The highest BCUT2D eigenvalue weighted by Crippen LogP contribution is 2.07. The van der Waals surface area contributed by atoms with Crippen LogP contribution >= 0.6 is 11.6 Å². The van der Waals surface area contributed by atoms with Crippen LogP contribution in [-0.2, 0) is 11.3 Å². The minimum atomic E-state index is -0.430. The lowest BCUT2D eigenvalue weighted by molar-refractivity contribution is 0.139. The number of halogens is 1. The molecule has 1 aromatic rings. The predicted octanol–water partition coefficient (Wildman–Crippen LogP) is 3.18. The summed E-state index contributed by atoms with van der Waals surface area (Å²) in [7, 11) is 0. The fourth-order valence-corrected chi connectivity index (χ4v) is 1.27. The van der Waals surface area contributed by atoms with Crippen LogP contribution in [0.25, 0.3) is 0 Å². The maximum Gasteiger partial charge on any atom is 0.407 e. The minimum absolute atomic E-state index is 0.0701. The number of benzene rings is 1. The first-order valence-electron chi connectivity index (χ1n) is 5.68. The molecule has 1 rings (SSSR count). The molecule has 0 aliphatic carbocycles. The monoisotopic (exact) mass is 255 g/mol. The number of amides is 1. The van der Waals surface area contributed by atoms with E-state index in [2.05, 4.69) is 5.32 Å². The lowest BCUT2D eigenvalue weighted by Crippen LogP contribution is -2.32. The second-order valence-electron chi connectivity index (χ2n) is 4.20. The second kappa shape index (κ2) is 7.17. The average Bonchev–Trinajstić information content (AvgIpc) is 2.34. The number of hydrogen-bond acceptors (Lipinski definition) is 2. The van der Waals surface area contributed by atoms with Crippen molar-refractivity contribution in [3.8, 4) is 0 Å². The SMILES string of the molecule is CC(C)C(Cl)CNC(=O)OCc1ccccc1. The van der Waals surface area contributed by atoms with Gasteiger partial charge in [0.25, 0.3) is 0 Å². The highest BCUT2D eigenvalue weighted by atomic mass is 35.5. The number of nitrogens with one attached hydrogen (secondary N) is 1. The van der Waals surface area contributed by atoms with Gasteiger partial charge in [0.05, 0.1) is 5.38 Å². The molecule has 0 bridgehead atoms. The van der Waals surface area contributed by atoms with Crippen molar-refractivity contribution in [2.75, 3.05) is 6.54 Å². The topological polar surface area (TPSA) is 38.3 Å². The molecule has 1 N–H and O–H groups in total. The highest BCUT2D eigenvalue weighted by molar-refractivity contribution is 6.21. The number of ether oxygens (including phenoxy) is 1. The van der Waals surface area contributed by atoms with Crippen molar-refractivity contribution in [3.63, 3.8) is 0 Å². The van der Waals surface area contributed by atoms with Gasteiger partial charge in [-0.05, 0) is 11.5 Å². The standard InChI is InChI=1S/C13H18ClNO2/c1-10(2)12(14)8-15-13(16)17-9-11-6-4-3-5-7-11/h3-7,10,12H,8-9H2,1-2H3,(H,15,16). The van der Waals surface area contributed by atoms with E-state index in [1.54, 1.807) is 0 Å². The van der Waals surface area contributed by atoms with Gasteiger partial charge in [0.2, 0.25) is 0 Å². The molecule has 0 saturated carbocycles. The molecule has 0 heterocycles. The molecular formula is C13H18ClNO2. The van der Waals surface area contributed by atoms with Gasteiger partial charge in [-0.25, -0.2) is 4.79 Å². The first-order chi connectivity index (χ1) is 8.09. The van der Waals surface area contributed by atoms with Crippen LogP contribution in [0.3, 0.4) is 0 Å². The Morgan fingerprint density at radius 3 is 2.59 bits per heavy atom. The van der Waals surface area contributed by atoms with Crippen molar-refractivity contribution in [1.82, 2.24) is 5.32 Å². The predicted molar refractivity (Wildman–Crippen MR) is 69.1 cm³/mol. The summed E-state index contributed by atoms with van der Waals surface area (Å²) in [5.74, 6) is 0.325. The first kappa shape index (κ1) is 13.8. The Morgan fingerprint density at radius 1 is 1.35 bits per heavy atom. The molecule has 0 aromatic heterocycles. The lowest BCUT2D eigenvalue weighted by atomic mass is 10.1. The van der Waals surface area contributed by atoms with Crippen molar-refractivity contribution in [3.05, 3.63) is 35.9 Å². The van der Waals surface area contributed by atoms with Crippen LogP contribution in [0.15, 0.2) is 30.3 Å². The molecule has 1 aromatic carbocycles. The largest absolute Gasteiger partial charge is 0.445 e. The van der Waals surface area contributed by atoms with Crippen molar-refractivity contribution >= 4 is 17.7 Å². The number of alkyl halides is 1. The molecule has 0 fully saturated rings. The second-order valence-corrected chi connectivity index (χ2v) is 4.76. The molecule has 1 amide bonds. The number of carbonyl (C=O) groups is 1. The van der Waals surface area contributed by atoms with E-state index in [0.29, 0.717) is 12.5 Å². The molecule has 94 valence electrons. The molecule has 0 radical (unpaired) electrons. The third-order valence-corrected chi connectivity index (χ3v) is 3.04. The fraction of sp³-hybridized carbons (Fsp3) is 0.462. The van der Waals surface area contributed by atoms with E-state index in [1.165, 1.54) is 0 Å². The van der Waals surface area contributed by atoms with Crippen LogP contribution in [0.4, 0.5) is 4.79 Å². The van der Waals surface area contributed by atoms with E-state index in [1.807, 2.05) is 44.2 Å². The van der Waals surface area contributed by atoms with E-state index in [4.69, 9.17) is 16.3 Å². The summed E-state index contributed by atoms with van der Waals surface area (Å²) in [6.45, 7) is 4.72. The summed E-state index contributed by atoms with van der Waals surface area (Å²) in [5.41, 5.74) is 0.967. The molecule has 0 spiro atoms. The highest BCUT2D eigenvalue weighted by Gasteiger charge is 2.11. The summed E-state index contributed by atoms with van der Waals surface area (Å²) < 4.78 is 5.05. The Bertz CT molecular complexity index is 341. The molecular weight excluding hydrogens is 238 g/mol. The van der Waals surface area contributed by atoms with Gasteiger partial charge in [0, 0.05) is 6.54 Å². The van der Waals surface area contributed by atoms with Crippen molar-refractivity contribution in [2.45, 2.75) is 25.8 Å². The van der Waals surface area contributed by atoms with Crippen molar-refractivity contribution < 1.29 is 9.53 Å². The number of rotatable bonds is 5. The van der Waals surface area contributed by atoms with Crippen LogP contribution in [-0.4, -0.2) is 18.0 Å². The van der Waals surface area contributed by atoms with Crippen molar-refractivity contribution in [2.24, 2.45) is 5.92 Å². The Morgan fingerprint density at radius 2 is 2.00 bits per heavy atom. The van der Waals surface area contributed by atoms with Gasteiger partial charge < -0.3 is 10.1 Å². The van der Waals surface area contributed by atoms with E-state index < -0.39 is 6.09 Å². The molecule has 0 aliphatic rings. The van der Waals surface area contributed by atoms with Crippen molar-refractivity contribution in [1.29, 1.82) is 0 Å². The minimum Gasteiger partial charge on any atom is -0.445 e. The van der Waals surface area contributed by atoms with E-state index >= 15 is 0 Å². The van der Waals surface area contributed by atoms with Crippen LogP contribution < -0.4 is 5.32 Å². The van der Waals surface area contributed by atoms with E-state index in [0.717, 1.165) is 5.56 Å².